The molecule has 1 aromatic carbocycles. The van der Waals surface area contributed by atoms with E-state index in [9.17, 15) is 0 Å². The third kappa shape index (κ3) is 2.57. The molecule has 0 aliphatic carbocycles. The lowest BCUT2D eigenvalue weighted by Gasteiger charge is -2.08. The fourth-order valence-corrected chi connectivity index (χ4v) is 2.31. The van der Waals surface area contributed by atoms with Crippen molar-refractivity contribution in [2.24, 2.45) is 0 Å². The quantitative estimate of drug-likeness (QED) is 0.646. The molecule has 88 valence electrons. The maximum Gasteiger partial charge on any atom is 0.0778 e. The van der Waals surface area contributed by atoms with E-state index >= 15 is 0 Å². The Balaban J connectivity index is 2.61. The van der Waals surface area contributed by atoms with Crippen LogP contribution in [0.5, 0.6) is 0 Å². The second-order valence-electron chi connectivity index (χ2n) is 3.93. The number of pyridine rings is 1. The summed E-state index contributed by atoms with van der Waals surface area (Å²) in [6, 6.07) is 5.62. The second-order valence-corrected chi connectivity index (χ2v) is 5.12. The third-order valence-corrected chi connectivity index (χ3v) is 3.67. The number of hydrogen-bond acceptors (Lipinski definition) is 1. The standard InChI is InChI=1S/C13H10Cl3N/c1-7-3-8(2)13(17-6-7)9-4-10(14)12(16)11(15)5-9/h3-6H,1-2H3. The molecule has 1 aromatic heterocycles. The van der Waals surface area contributed by atoms with Crippen LogP contribution in [0.3, 0.4) is 0 Å². The first-order valence-electron chi connectivity index (χ1n) is 5.07. The molecule has 0 saturated carbocycles. The van der Waals surface area contributed by atoms with Crippen molar-refractivity contribution in [3.05, 3.63) is 50.6 Å². The minimum absolute atomic E-state index is 0.377. The molecule has 2 rings (SSSR count). The van der Waals surface area contributed by atoms with Gasteiger partial charge in [-0.1, -0.05) is 40.9 Å². The summed E-state index contributed by atoms with van der Waals surface area (Å²) in [7, 11) is 0. The van der Waals surface area contributed by atoms with Crippen LogP contribution < -0.4 is 0 Å². The van der Waals surface area contributed by atoms with Crippen LogP contribution in [0, 0.1) is 13.8 Å². The van der Waals surface area contributed by atoms with Gasteiger partial charge in [0.15, 0.2) is 0 Å². The lowest BCUT2D eigenvalue weighted by molar-refractivity contribution is 1.22. The number of hydrogen-bond donors (Lipinski definition) is 0. The van der Waals surface area contributed by atoms with Crippen LogP contribution in [0.2, 0.25) is 15.1 Å². The van der Waals surface area contributed by atoms with Crippen LogP contribution in [0.15, 0.2) is 24.4 Å². The monoisotopic (exact) mass is 285 g/mol. The fourth-order valence-electron chi connectivity index (χ4n) is 1.71. The molecule has 2 aromatic rings. The van der Waals surface area contributed by atoms with E-state index in [0.29, 0.717) is 15.1 Å². The highest BCUT2D eigenvalue weighted by atomic mass is 35.5. The average molecular weight is 287 g/mol. The van der Waals surface area contributed by atoms with Gasteiger partial charge < -0.3 is 0 Å². The Morgan fingerprint density at radius 2 is 1.53 bits per heavy atom. The molecule has 0 bridgehead atoms. The van der Waals surface area contributed by atoms with Gasteiger partial charge in [-0.15, -0.1) is 0 Å². The first-order valence-corrected chi connectivity index (χ1v) is 6.20. The summed E-state index contributed by atoms with van der Waals surface area (Å²) in [6.07, 6.45) is 1.82. The van der Waals surface area contributed by atoms with Crippen molar-refractivity contribution in [2.75, 3.05) is 0 Å². The SMILES string of the molecule is Cc1cnc(-c2cc(Cl)c(Cl)c(Cl)c2)c(C)c1. The second kappa shape index (κ2) is 4.85. The summed E-state index contributed by atoms with van der Waals surface area (Å²) >= 11 is 17.9. The van der Waals surface area contributed by atoms with Gasteiger partial charge in [-0.2, -0.15) is 0 Å². The summed E-state index contributed by atoms with van der Waals surface area (Å²) in [5.74, 6) is 0. The van der Waals surface area contributed by atoms with Crippen LogP contribution in [0.1, 0.15) is 11.1 Å². The molecule has 0 atom stereocenters. The number of benzene rings is 1. The van der Waals surface area contributed by atoms with Crippen LogP contribution in [0.4, 0.5) is 0 Å². The highest BCUT2D eigenvalue weighted by Crippen LogP contribution is 2.35. The number of halogens is 3. The molecular weight excluding hydrogens is 277 g/mol. The molecule has 1 heterocycles. The highest BCUT2D eigenvalue weighted by molar-refractivity contribution is 6.48. The zero-order valence-electron chi connectivity index (χ0n) is 9.39. The molecule has 0 aliphatic heterocycles. The van der Waals surface area contributed by atoms with E-state index in [1.54, 1.807) is 12.1 Å². The molecule has 0 N–H and O–H groups in total. The maximum absolute atomic E-state index is 6.01. The van der Waals surface area contributed by atoms with Gasteiger partial charge in [-0.3, -0.25) is 4.98 Å². The van der Waals surface area contributed by atoms with E-state index in [0.717, 1.165) is 22.4 Å². The van der Waals surface area contributed by atoms with Gasteiger partial charge in [0.25, 0.3) is 0 Å². The Hall–Kier alpha value is -0.760. The normalized spacial score (nSPS) is 10.6. The summed E-state index contributed by atoms with van der Waals surface area (Å²) in [6.45, 7) is 4.01. The lowest BCUT2D eigenvalue weighted by atomic mass is 10.1. The van der Waals surface area contributed by atoms with Crippen molar-refractivity contribution in [1.29, 1.82) is 0 Å². The number of nitrogens with zero attached hydrogens (tertiary/aromatic N) is 1. The summed E-state index contributed by atoms with van der Waals surface area (Å²) < 4.78 is 0. The fraction of sp³-hybridized carbons (Fsp3) is 0.154. The number of aryl methyl sites for hydroxylation is 2. The summed E-state index contributed by atoms with van der Waals surface area (Å²) in [4.78, 5) is 4.40. The average Bonchev–Trinajstić information content (AvgIpc) is 2.25. The molecule has 0 amide bonds. The van der Waals surface area contributed by atoms with E-state index in [2.05, 4.69) is 11.1 Å². The summed E-state index contributed by atoms with van der Waals surface area (Å²) in [5, 5.41) is 1.26. The Kier molecular flexibility index (Phi) is 3.62. The topological polar surface area (TPSA) is 12.9 Å². The smallest absolute Gasteiger partial charge is 0.0778 e. The van der Waals surface area contributed by atoms with E-state index < -0.39 is 0 Å². The molecular formula is C13H10Cl3N. The molecule has 0 saturated heterocycles. The molecule has 0 fully saturated rings. The van der Waals surface area contributed by atoms with Crippen LogP contribution >= 0.6 is 34.8 Å². The highest BCUT2D eigenvalue weighted by Gasteiger charge is 2.10. The van der Waals surface area contributed by atoms with Crippen LogP contribution in [-0.2, 0) is 0 Å². The molecule has 0 radical (unpaired) electrons. The number of aromatic nitrogens is 1. The Labute approximate surface area is 115 Å². The molecule has 17 heavy (non-hydrogen) atoms. The molecule has 0 aliphatic rings. The summed E-state index contributed by atoms with van der Waals surface area (Å²) in [5.41, 5.74) is 3.95. The van der Waals surface area contributed by atoms with Crippen molar-refractivity contribution in [2.45, 2.75) is 13.8 Å². The minimum Gasteiger partial charge on any atom is -0.256 e. The molecule has 0 spiro atoms. The van der Waals surface area contributed by atoms with E-state index in [-0.39, 0.29) is 0 Å². The van der Waals surface area contributed by atoms with Crippen molar-refractivity contribution < 1.29 is 0 Å². The van der Waals surface area contributed by atoms with Gasteiger partial charge in [0.2, 0.25) is 0 Å². The van der Waals surface area contributed by atoms with Crippen molar-refractivity contribution in [3.8, 4) is 11.3 Å². The van der Waals surface area contributed by atoms with Crippen molar-refractivity contribution in [3.63, 3.8) is 0 Å². The first-order chi connectivity index (χ1) is 7.99. The largest absolute Gasteiger partial charge is 0.256 e. The Morgan fingerprint density at radius 1 is 0.941 bits per heavy atom. The van der Waals surface area contributed by atoms with Gasteiger partial charge in [0.1, 0.15) is 0 Å². The van der Waals surface area contributed by atoms with Crippen LogP contribution in [0.25, 0.3) is 11.3 Å². The van der Waals surface area contributed by atoms with Crippen LogP contribution in [-0.4, -0.2) is 4.98 Å². The lowest BCUT2D eigenvalue weighted by Crippen LogP contribution is -1.90. The van der Waals surface area contributed by atoms with Gasteiger partial charge in [0, 0.05) is 11.8 Å². The predicted molar refractivity (Wildman–Crippen MR) is 74.2 cm³/mol. The number of rotatable bonds is 1. The zero-order chi connectivity index (χ0) is 12.6. The van der Waals surface area contributed by atoms with Gasteiger partial charge in [-0.25, -0.2) is 0 Å². The van der Waals surface area contributed by atoms with Crippen molar-refractivity contribution >= 4 is 34.8 Å². The van der Waals surface area contributed by atoms with E-state index in [4.69, 9.17) is 34.8 Å². The predicted octanol–water partition coefficient (Wildman–Crippen LogP) is 5.33. The minimum atomic E-state index is 0.377. The molecule has 1 nitrogen and oxygen atoms in total. The van der Waals surface area contributed by atoms with E-state index in [1.807, 2.05) is 20.0 Å². The van der Waals surface area contributed by atoms with Gasteiger partial charge >= 0.3 is 0 Å². The Morgan fingerprint density at radius 3 is 2.06 bits per heavy atom. The zero-order valence-corrected chi connectivity index (χ0v) is 11.7. The van der Waals surface area contributed by atoms with Gasteiger partial charge in [0.05, 0.1) is 20.8 Å². The Bertz CT molecular complexity index is 556. The molecule has 0 unspecified atom stereocenters. The van der Waals surface area contributed by atoms with E-state index in [1.165, 1.54) is 0 Å². The van der Waals surface area contributed by atoms with Gasteiger partial charge in [-0.05, 0) is 37.1 Å². The third-order valence-electron chi connectivity index (χ3n) is 2.47. The maximum atomic E-state index is 6.01. The first kappa shape index (κ1) is 12.7. The van der Waals surface area contributed by atoms with Crippen molar-refractivity contribution in [1.82, 2.24) is 4.98 Å². The molecule has 4 heteroatoms.